The second kappa shape index (κ2) is 4.40. The Morgan fingerprint density at radius 3 is 2.16 bits per heavy atom. The molecule has 4 fully saturated rings. The first kappa shape index (κ1) is 12.1. The molecule has 0 aliphatic carbocycles. The quantitative estimate of drug-likeness (QED) is 0.604. The molecule has 0 unspecified atom stereocenters. The summed E-state index contributed by atoms with van der Waals surface area (Å²) in [6.07, 6.45) is 0. The van der Waals surface area contributed by atoms with Crippen LogP contribution < -0.4 is 0 Å². The van der Waals surface area contributed by atoms with Crippen LogP contribution in [0.5, 0.6) is 0 Å². The highest BCUT2D eigenvalue weighted by Crippen LogP contribution is 2.30. The van der Waals surface area contributed by atoms with Gasteiger partial charge in [0.2, 0.25) is 0 Å². The van der Waals surface area contributed by atoms with E-state index in [1.807, 2.05) is 6.07 Å². The van der Waals surface area contributed by atoms with Crippen LogP contribution in [0.25, 0.3) is 0 Å². The SMILES string of the molecule is ClCc1cccc(C[N+]23CN4CN(CN(C4)C2)C3)n1. The normalized spacial score (nSPS) is 39.7. The Hall–Kier alpha value is -0.720. The fourth-order valence-electron chi connectivity index (χ4n) is 3.84. The molecular weight excluding hydrogens is 262 g/mol. The first-order valence-electron chi connectivity index (χ1n) is 6.78. The van der Waals surface area contributed by atoms with Crippen molar-refractivity contribution in [3.8, 4) is 0 Å². The minimum atomic E-state index is 0.498. The molecule has 0 spiro atoms. The average Bonchev–Trinajstić information content (AvgIpc) is 2.36. The van der Waals surface area contributed by atoms with Crippen LogP contribution in [0, 0.1) is 0 Å². The van der Waals surface area contributed by atoms with Crippen LogP contribution in [0.1, 0.15) is 11.4 Å². The maximum absolute atomic E-state index is 5.88. The van der Waals surface area contributed by atoms with E-state index in [0.717, 1.165) is 56.7 Å². The van der Waals surface area contributed by atoms with Gasteiger partial charge in [-0.25, -0.2) is 14.7 Å². The summed E-state index contributed by atoms with van der Waals surface area (Å²) in [7, 11) is 0. The van der Waals surface area contributed by atoms with Gasteiger partial charge in [-0.15, -0.1) is 11.6 Å². The summed E-state index contributed by atoms with van der Waals surface area (Å²) >= 11 is 5.88. The standard InChI is InChI=1S/C13H19ClN5/c14-4-12-2-1-3-13(15-12)5-19-9-16-6-17(10-19)8-18(7-16)11-19/h1-3H,4-11H2/q+1. The summed E-state index contributed by atoms with van der Waals surface area (Å²) in [5.41, 5.74) is 2.15. The highest BCUT2D eigenvalue weighted by molar-refractivity contribution is 6.16. The molecule has 0 aromatic carbocycles. The lowest BCUT2D eigenvalue weighted by Crippen LogP contribution is -2.78. The van der Waals surface area contributed by atoms with E-state index in [4.69, 9.17) is 11.6 Å². The Morgan fingerprint density at radius 1 is 1.00 bits per heavy atom. The summed E-state index contributed by atoms with van der Waals surface area (Å²) < 4.78 is 1.10. The van der Waals surface area contributed by atoms with Crippen molar-refractivity contribution < 1.29 is 4.48 Å². The molecule has 4 saturated heterocycles. The van der Waals surface area contributed by atoms with Gasteiger partial charge in [0.25, 0.3) is 0 Å². The van der Waals surface area contributed by atoms with Crippen LogP contribution in [-0.2, 0) is 12.4 Å². The van der Waals surface area contributed by atoms with E-state index >= 15 is 0 Å². The summed E-state index contributed by atoms with van der Waals surface area (Å²) in [6.45, 7) is 7.86. The number of hydrogen-bond donors (Lipinski definition) is 0. The van der Waals surface area contributed by atoms with E-state index in [-0.39, 0.29) is 0 Å². The molecule has 102 valence electrons. The maximum atomic E-state index is 5.88. The number of hydrogen-bond acceptors (Lipinski definition) is 4. The van der Waals surface area contributed by atoms with Crippen LogP contribution in [0.4, 0.5) is 0 Å². The number of aromatic nitrogens is 1. The van der Waals surface area contributed by atoms with E-state index in [1.165, 1.54) is 5.69 Å². The second-order valence-corrected chi connectivity index (χ2v) is 6.38. The maximum Gasteiger partial charge on any atom is 0.139 e. The molecule has 1 aromatic heterocycles. The Balaban J connectivity index is 1.58. The van der Waals surface area contributed by atoms with Crippen molar-refractivity contribution in [1.29, 1.82) is 0 Å². The average molecular weight is 281 g/mol. The molecular formula is C13H19ClN5+. The van der Waals surface area contributed by atoms with Crippen LogP contribution in [-0.4, -0.2) is 64.2 Å². The van der Waals surface area contributed by atoms with E-state index in [2.05, 4.69) is 31.8 Å². The fraction of sp³-hybridized carbons (Fsp3) is 0.615. The van der Waals surface area contributed by atoms with E-state index in [0.29, 0.717) is 5.88 Å². The van der Waals surface area contributed by atoms with Crippen molar-refractivity contribution in [2.75, 3.05) is 40.0 Å². The molecule has 0 atom stereocenters. The van der Waals surface area contributed by atoms with Gasteiger partial charge < -0.3 is 0 Å². The van der Waals surface area contributed by atoms with Gasteiger partial charge in [0.1, 0.15) is 26.6 Å². The summed E-state index contributed by atoms with van der Waals surface area (Å²) in [6, 6.07) is 6.21. The minimum Gasteiger partial charge on any atom is -0.281 e. The number of rotatable bonds is 3. The van der Waals surface area contributed by atoms with Gasteiger partial charge in [0.05, 0.1) is 37.3 Å². The molecule has 0 N–H and O–H groups in total. The third-order valence-corrected chi connectivity index (χ3v) is 4.47. The molecule has 4 bridgehead atoms. The molecule has 4 aliphatic heterocycles. The second-order valence-electron chi connectivity index (χ2n) is 6.11. The molecule has 4 aliphatic rings. The molecule has 5 rings (SSSR count). The van der Waals surface area contributed by atoms with Crippen molar-refractivity contribution in [1.82, 2.24) is 19.7 Å². The van der Waals surface area contributed by atoms with Crippen molar-refractivity contribution in [2.45, 2.75) is 12.4 Å². The highest BCUT2D eigenvalue weighted by Gasteiger charge is 2.48. The third-order valence-electron chi connectivity index (χ3n) is 4.20. The fourth-order valence-corrected chi connectivity index (χ4v) is 3.99. The zero-order valence-electron chi connectivity index (χ0n) is 11.0. The number of pyridine rings is 1. The number of nitrogens with zero attached hydrogens (tertiary/aromatic N) is 5. The molecule has 5 nitrogen and oxygen atoms in total. The van der Waals surface area contributed by atoms with Crippen LogP contribution >= 0.6 is 11.6 Å². The largest absolute Gasteiger partial charge is 0.281 e. The molecule has 0 radical (unpaired) electrons. The molecule has 6 heteroatoms. The molecule has 19 heavy (non-hydrogen) atoms. The number of halogens is 1. The lowest BCUT2D eigenvalue weighted by Gasteiger charge is -2.60. The number of quaternary nitrogens is 1. The smallest absolute Gasteiger partial charge is 0.139 e. The molecule has 5 heterocycles. The summed E-state index contributed by atoms with van der Waals surface area (Å²) in [4.78, 5) is 12.3. The van der Waals surface area contributed by atoms with Gasteiger partial charge in [0.15, 0.2) is 0 Å². The molecule has 0 saturated carbocycles. The van der Waals surface area contributed by atoms with Crippen molar-refractivity contribution in [2.24, 2.45) is 0 Å². The van der Waals surface area contributed by atoms with E-state index in [1.54, 1.807) is 0 Å². The summed E-state index contributed by atoms with van der Waals surface area (Å²) in [5.74, 6) is 0.498. The Morgan fingerprint density at radius 2 is 1.58 bits per heavy atom. The predicted octanol–water partition coefficient (Wildman–Crippen LogP) is 0.829. The Bertz CT molecular complexity index is 456. The Kier molecular flexibility index (Phi) is 2.79. The third kappa shape index (κ3) is 2.15. The zero-order valence-corrected chi connectivity index (χ0v) is 11.8. The first-order valence-corrected chi connectivity index (χ1v) is 7.31. The highest BCUT2D eigenvalue weighted by atomic mass is 35.5. The van der Waals surface area contributed by atoms with E-state index in [9.17, 15) is 0 Å². The van der Waals surface area contributed by atoms with Gasteiger partial charge in [0, 0.05) is 0 Å². The van der Waals surface area contributed by atoms with Gasteiger partial charge >= 0.3 is 0 Å². The Labute approximate surface area is 118 Å². The van der Waals surface area contributed by atoms with Gasteiger partial charge in [-0.2, -0.15) is 0 Å². The van der Waals surface area contributed by atoms with Crippen molar-refractivity contribution >= 4 is 11.6 Å². The molecule has 0 amide bonds. The summed E-state index contributed by atoms with van der Waals surface area (Å²) in [5, 5.41) is 0. The lowest BCUT2D eigenvalue weighted by molar-refractivity contribution is -0.991. The zero-order chi connectivity index (χ0) is 12.9. The predicted molar refractivity (Wildman–Crippen MR) is 72.5 cm³/mol. The van der Waals surface area contributed by atoms with Crippen molar-refractivity contribution in [3.63, 3.8) is 0 Å². The van der Waals surface area contributed by atoms with Gasteiger partial charge in [-0.3, -0.25) is 9.47 Å². The van der Waals surface area contributed by atoms with Crippen LogP contribution in [0.15, 0.2) is 18.2 Å². The molecule has 1 aromatic rings. The van der Waals surface area contributed by atoms with Gasteiger partial charge in [-0.1, -0.05) is 6.07 Å². The monoisotopic (exact) mass is 280 g/mol. The lowest BCUT2D eigenvalue weighted by atomic mass is 10.2. The van der Waals surface area contributed by atoms with Gasteiger partial charge in [-0.05, 0) is 12.1 Å². The van der Waals surface area contributed by atoms with Crippen LogP contribution in [0.2, 0.25) is 0 Å². The van der Waals surface area contributed by atoms with Crippen molar-refractivity contribution in [3.05, 3.63) is 29.6 Å². The topological polar surface area (TPSA) is 22.6 Å². The van der Waals surface area contributed by atoms with E-state index < -0.39 is 0 Å². The van der Waals surface area contributed by atoms with Crippen LogP contribution in [0.3, 0.4) is 0 Å². The number of alkyl halides is 1. The minimum absolute atomic E-state index is 0.498. The first-order chi connectivity index (χ1) is 9.25.